The smallest absolute Gasteiger partial charge is 0.274 e. The lowest BCUT2D eigenvalue weighted by molar-refractivity contribution is 0.0502. The maximum Gasteiger partial charge on any atom is 0.274 e. The van der Waals surface area contributed by atoms with Crippen LogP contribution in [0, 0.1) is 5.82 Å². The highest BCUT2D eigenvalue weighted by molar-refractivity contribution is 6.04. The third-order valence-electron chi connectivity index (χ3n) is 5.46. The molecular weight excluding hydrogens is 427 g/mol. The zero-order chi connectivity index (χ0) is 22.9. The predicted molar refractivity (Wildman–Crippen MR) is 118 cm³/mol. The number of amides is 2. The number of carbonyl (C=O) groups is 2. The molecule has 2 aromatic heterocycles. The molecule has 0 aliphatic carbocycles. The molecule has 0 bridgehead atoms. The van der Waals surface area contributed by atoms with Gasteiger partial charge in [-0.15, -0.1) is 0 Å². The first-order valence-electron chi connectivity index (χ1n) is 10.2. The number of hydrogen-bond donors (Lipinski definition) is 3. The summed E-state index contributed by atoms with van der Waals surface area (Å²) in [4.78, 5) is 29.8. The molecule has 0 saturated carbocycles. The molecule has 1 aliphatic heterocycles. The first-order valence-corrected chi connectivity index (χ1v) is 10.2. The van der Waals surface area contributed by atoms with Gasteiger partial charge in [-0.2, -0.15) is 0 Å². The number of nitrogens with one attached hydrogen (secondary N) is 2. The number of imidazole rings is 1. The van der Waals surface area contributed by atoms with Crippen LogP contribution in [0.5, 0.6) is 5.75 Å². The zero-order valence-electron chi connectivity index (χ0n) is 17.2. The van der Waals surface area contributed by atoms with Crippen molar-refractivity contribution in [2.45, 2.75) is 12.1 Å². The summed E-state index contributed by atoms with van der Waals surface area (Å²) in [7, 11) is 0. The number of fused-ring (bicyclic) bond motifs is 2. The number of nitrogens with zero attached hydrogens (tertiary/aromatic N) is 2. The fourth-order valence-corrected chi connectivity index (χ4v) is 3.80. The molecule has 2 atom stereocenters. The van der Waals surface area contributed by atoms with E-state index in [9.17, 15) is 19.1 Å². The number of para-hydroxylation sites is 1. The minimum Gasteiger partial charge on any atom is -0.490 e. The van der Waals surface area contributed by atoms with Gasteiger partial charge in [0.05, 0.1) is 17.9 Å². The molecule has 2 aromatic carbocycles. The van der Waals surface area contributed by atoms with Gasteiger partial charge >= 0.3 is 0 Å². The number of carbonyl (C=O) groups excluding carboxylic acids is 2. The van der Waals surface area contributed by atoms with Gasteiger partial charge in [0.2, 0.25) is 0 Å². The largest absolute Gasteiger partial charge is 0.490 e. The molecule has 9 heteroatoms. The van der Waals surface area contributed by atoms with Gasteiger partial charge in [-0.1, -0.05) is 24.3 Å². The van der Waals surface area contributed by atoms with Crippen molar-refractivity contribution in [2.75, 3.05) is 11.9 Å². The van der Waals surface area contributed by atoms with Gasteiger partial charge < -0.3 is 20.5 Å². The Hall–Kier alpha value is -4.24. The van der Waals surface area contributed by atoms with Gasteiger partial charge in [-0.3, -0.25) is 14.0 Å². The Morgan fingerprint density at radius 1 is 1.09 bits per heavy atom. The normalized spacial score (nSPS) is 17.2. The molecule has 2 amide bonds. The molecule has 0 fully saturated rings. The standard InChI is InChI=1S/C24H19FN4O4/c25-16-9-8-14(23(31)28-22-15-5-1-2-6-20(15)33-13-19(22)30)11-17(16)27-24(32)18-12-26-21-7-3-4-10-29(18)21/h1-12,19,22,30H,13H2,(H,27,32)(H,28,31)/t19-,22+/m0/s1. The van der Waals surface area contributed by atoms with Crippen LogP contribution in [0.15, 0.2) is 73.1 Å². The minimum absolute atomic E-state index is 0.0337. The highest BCUT2D eigenvalue weighted by Crippen LogP contribution is 2.32. The molecule has 5 rings (SSSR count). The number of pyridine rings is 1. The third-order valence-corrected chi connectivity index (χ3v) is 5.46. The Morgan fingerprint density at radius 2 is 1.91 bits per heavy atom. The summed E-state index contributed by atoms with van der Waals surface area (Å²) in [6.45, 7) is 0.0337. The van der Waals surface area contributed by atoms with E-state index in [0.717, 1.165) is 6.07 Å². The third kappa shape index (κ3) is 3.90. The van der Waals surface area contributed by atoms with Gasteiger partial charge in [-0.05, 0) is 36.4 Å². The average molecular weight is 446 g/mol. The first-order chi connectivity index (χ1) is 16.0. The van der Waals surface area contributed by atoms with Gasteiger partial charge in [0.25, 0.3) is 11.8 Å². The Balaban J connectivity index is 1.37. The van der Waals surface area contributed by atoms with E-state index in [1.807, 2.05) is 0 Å². The molecule has 33 heavy (non-hydrogen) atoms. The first kappa shape index (κ1) is 20.7. The second-order valence-electron chi connectivity index (χ2n) is 7.59. The van der Waals surface area contributed by atoms with Crippen molar-refractivity contribution in [1.82, 2.24) is 14.7 Å². The predicted octanol–water partition coefficient (Wildman–Crippen LogP) is 2.95. The zero-order valence-corrected chi connectivity index (χ0v) is 17.2. The summed E-state index contributed by atoms with van der Waals surface area (Å²) in [6.07, 6.45) is 2.12. The topological polar surface area (TPSA) is 105 Å². The molecule has 3 heterocycles. The average Bonchev–Trinajstić information content (AvgIpc) is 3.26. The summed E-state index contributed by atoms with van der Waals surface area (Å²) in [5, 5.41) is 15.6. The number of aliphatic hydroxyl groups excluding tert-OH is 1. The Morgan fingerprint density at radius 3 is 2.79 bits per heavy atom. The van der Waals surface area contributed by atoms with E-state index in [4.69, 9.17) is 4.74 Å². The number of anilines is 1. The lowest BCUT2D eigenvalue weighted by atomic mass is 9.98. The fourth-order valence-electron chi connectivity index (χ4n) is 3.80. The molecule has 0 spiro atoms. The number of aromatic nitrogens is 2. The summed E-state index contributed by atoms with van der Waals surface area (Å²) >= 11 is 0. The molecule has 1 aliphatic rings. The monoisotopic (exact) mass is 446 g/mol. The van der Waals surface area contributed by atoms with Crippen LogP contribution in [0.2, 0.25) is 0 Å². The van der Waals surface area contributed by atoms with E-state index in [0.29, 0.717) is 17.0 Å². The van der Waals surface area contributed by atoms with Crippen LogP contribution in [-0.4, -0.2) is 39.0 Å². The van der Waals surface area contributed by atoms with Crippen LogP contribution < -0.4 is 15.4 Å². The van der Waals surface area contributed by atoms with E-state index in [2.05, 4.69) is 15.6 Å². The van der Waals surface area contributed by atoms with E-state index >= 15 is 0 Å². The van der Waals surface area contributed by atoms with Gasteiger partial charge in [0.15, 0.2) is 0 Å². The van der Waals surface area contributed by atoms with Crippen LogP contribution in [0.25, 0.3) is 5.65 Å². The van der Waals surface area contributed by atoms with Gasteiger partial charge in [-0.25, -0.2) is 9.37 Å². The van der Waals surface area contributed by atoms with Gasteiger partial charge in [0, 0.05) is 17.3 Å². The highest BCUT2D eigenvalue weighted by atomic mass is 19.1. The maximum absolute atomic E-state index is 14.4. The summed E-state index contributed by atoms with van der Waals surface area (Å²) in [5.41, 5.74) is 1.42. The number of rotatable bonds is 4. The Kier molecular flexibility index (Phi) is 5.23. The quantitative estimate of drug-likeness (QED) is 0.447. The summed E-state index contributed by atoms with van der Waals surface area (Å²) in [5.74, 6) is -1.21. The van der Waals surface area contributed by atoms with Crippen molar-refractivity contribution in [3.8, 4) is 5.75 Å². The molecule has 3 N–H and O–H groups in total. The number of ether oxygens (including phenoxy) is 1. The van der Waals surface area contributed by atoms with Crippen LogP contribution in [0.3, 0.4) is 0 Å². The molecule has 0 radical (unpaired) electrons. The van der Waals surface area contributed by atoms with Crippen molar-refractivity contribution < 1.29 is 23.8 Å². The van der Waals surface area contributed by atoms with Crippen molar-refractivity contribution in [3.63, 3.8) is 0 Å². The molecule has 0 saturated heterocycles. The fraction of sp³-hybridized carbons (Fsp3) is 0.125. The molecule has 8 nitrogen and oxygen atoms in total. The van der Waals surface area contributed by atoms with Crippen molar-refractivity contribution >= 4 is 23.1 Å². The summed E-state index contributed by atoms with van der Waals surface area (Å²) < 4.78 is 21.5. The second-order valence-corrected chi connectivity index (χ2v) is 7.59. The van der Waals surface area contributed by atoms with Crippen LogP contribution in [0.4, 0.5) is 10.1 Å². The van der Waals surface area contributed by atoms with E-state index < -0.39 is 29.8 Å². The van der Waals surface area contributed by atoms with E-state index in [1.54, 1.807) is 53.1 Å². The van der Waals surface area contributed by atoms with E-state index in [-0.39, 0.29) is 23.6 Å². The van der Waals surface area contributed by atoms with Crippen molar-refractivity contribution in [1.29, 1.82) is 0 Å². The van der Waals surface area contributed by atoms with Crippen LogP contribution in [-0.2, 0) is 0 Å². The maximum atomic E-state index is 14.4. The van der Waals surface area contributed by atoms with Crippen LogP contribution >= 0.6 is 0 Å². The molecular formula is C24H19FN4O4. The minimum atomic E-state index is -0.946. The second kappa shape index (κ2) is 8.36. The van der Waals surface area contributed by atoms with E-state index in [1.165, 1.54) is 18.3 Å². The number of halogens is 1. The summed E-state index contributed by atoms with van der Waals surface area (Å²) in [6, 6.07) is 15.4. The number of aliphatic hydroxyl groups is 1. The number of benzene rings is 2. The highest BCUT2D eigenvalue weighted by Gasteiger charge is 2.31. The number of hydrogen-bond acceptors (Lipinski definition) is 5. The molecule has 166 valence electrons. The van der Waals surface area contributed by atoms with Crippen molar-refractivity contribution in [2.24, 2.45) is 0 Å². The SMILES string of the molecule is O=C(N[C@@H]1c2ccccc2OC[C@@H]1O)c1ccc(F)c(NC(=O)c2cnc3ccccn23)c1. The molecule has 4 aromatic rings. The van der Waals surface area contributed by atoms with Crippen molar-refractivity contribution in [3.05, 3.63) is 95.7 Å². The lowest BCUT2D eigenvalue weighted by Crippen LogP contribution is -2.42. The van der Waals surface area contributed by atoms with Gasteiger partial charge in [0.1, 0.15) is 35.6 Å². The lowest BCUT2D eigenvalue weighted by Gasteiger charge is -2.31. The van der Waals surface area contributed by atoms with Crippen LogP contribution in [0.1, 0.15) is 32.5 Å². The Bertz CT molecular complexity index is 1370. The molecule has 0 unspecified atom stereocenters. The Labute approximate surface area is 187 Å².